The first-order valence-electron chi connectivity index (χ1n) is 5.70. The Kier molecular flexibility index (Phi) is 2.95. The fraction of sp³-hybridized carbons (Fsp3) is 0.727. The molecule has 0 radical (unpaired) electrons. The van der Waals surface area contributed by atoms with Crippen molar-refractivity contribution in [1.29, 1.82) is 0 Å². The maximum atomic E-state index is 5.86. The van der Waals surface area contributed by atoms with Crippen molar-refractivity contribution in [3.8, 4) is 6.01 Å². The maximum Gasteiger partial charge on any atom is 0.296 e. The molecule has 0 amide bonds. The zero-order valence-electron chi connectivity index (χ0n) is 9.44. The van der Waals surface area contributed by atoms with E-state index in [-0.39, 0.29) is 6.04 Å². The molecule has 0 spiro atoms. The Morgan fingerprint density at radius 2 is 2.40 bits per heavy atom. The molecule has 0 aliphatic heterocycles. The van der Waals surface area contributed by atoms with Crippen LogP contribution in [0.5, 0.6) is 6.01 Å². The average molecular weight is 209 g/mol. The Hall–Kier alpha value is -1.03. The van der Waals surface area contributed by atoms with Gasteiger partial charge in [-0.1, -0.05) is 0 Å². The molecule has 1 aliphatic rings. The molecule has 4 heteroatoms. The highest BCUT2D eigenvalue weighted by molar-refractivity contribution is 5.13. The maximum absolute atomic E-state index is 5.86. The van der Waals surface area contributed by atoms with E-state index >= 15 is 0 Å². The van der Waals surface area contributed by atoms with Crippen LogP contribution < -0.4 is 10.5 Å². The second kappa shape index (κ2) is 4.23. The van der Waals surface area contributed by atoms with Gasteiger partial charge in [-0.3, -0.25) is 4.57 Å². The van der Waals surface area contributed by atoms with Crippen LogP contribution in [0.3, 0.4) is 0 Å². The van der Waals surface area contributed by atoms with Crippen LogP contribution in [0.2, 0.25) is 0 Å². The summed E-state index contributed by atoms with van der Waals surface area (Å²) < 4.78 is 7.86. The van der Waals surface area contributed by atoms with Crippen molar-refractivity contribution >= 4 is 0 Å². The number of nitrogens with two attached hydrogens (primary N) is 1. The minimum atomic E-state index is 0.0104. The fourth-order valence-electron chi connectivity index (χ4n) is 1.78. The van der Waals surface area contributed by atoms with Gasteiger partial charge in [-0.2, -0.15) is 0 Å². The number of rotatable bonds is 4. The van der Waals surface area contributed by atoms with Gasteiger partial charge in [-0.25, -0.2) is 4.98 Å². The molecule has 2 rings (SSSR count). The van der Waals surface area contributed by atoms with Gasteiger partial charge in [-0.15, -0.1) is 0 Å². The summed E-state index contributed by atoms with van der Waals surface area (Å²) in [4.78, 5) is 4.29. The van der Waals surface area contributed by atoms with Gasteiger partial charge in [0.1, 0.15) is 6.10 Å². The molecule has 2 N–H and O–H groups in total. The smallest absolute Gasteiger partial charge is 0.296 e. The van der Waals surface area contributed by atoms with Crippen LogP contribution in [0.15, 0.2) is 6.20 Å². The monoisotopic (exact) mass is 209 g/mol. The van der Waals surface area contributed by atoms with E-state index in [4.69, 9.17) is 10.5 Å². The van der Waals surface area contributed by atoms with Crippen molar-refractivity contribution in [2.24, 2.45) is 5.73 Å². The summed E-state index contributed by atoms with van der Waals surface area (Å²) in [6.45, 7) is 4.91. The Morgan fingerprint density at radius 3 is 2.87 bits per heavy atom. The third-order valence-electron chi connectivity index (χ3n) is 2.96. The number of hydrogen-bond donors (Lipinski definition) is 1. The van der Waals surface area contributed by atoms with Gasteiger partial charge in [0.05, 0.1) is 11.9 Å². The lowest BCUT2D eigenvalue weighted by atomic mass is 9.96. The van der Waals surface area contributed by atoms with Crippen molar-refractivity contribution < 1.29 is 4.74 Å². The van der Waals surface area contributed by atoms with E-state index in [1.165, 1.54) is 6.42 Å². The van der Waals surface area contributed by atoms with E-state index in [1.54, 1.807) is 0 Å². The molecule has 1 aliphatic carbocycles. The van der Waals surface area contributed by atoms with Crippen LogP contribution in [0, 0.1) is 0 Å². The summed E-state index contributed by atoms with van der Waals surface area (Å²) >= 11 is 0. The highest BCUT2D eigenvalue weighted by Crippen LogP contribution is 2.26. The molecule has 1 saturated carbocycles. The van der Waals surface area contributed by atoms with Crippen LogP contribution in [0.4, 0.5) is 0 Å². The Labute approximate surface area is 90.4 Å². The highest BCUT2D eigenvalue weighted by atomic mass is 16.5. The topological polar surface area (TPSA) is 53.1 Å². The van der Waals surface area contributed by atoms with Gasteiger partial charge >= 0.3 is 0 Å². The number of hydrogen-bond acceptors (Lipinski definition) is 3. The van der Waals surface area contributed by atoms with Gasteiger partial charge < -0.3 is 10.5 Å². The molecular formula is C11H19N3O. The minimum Gasteiger partial charge on any atom is -0.461 e. The lowest BCUT2D eigenvalue weighted by Gasteiger charge is -2.26. The molecule has 4 nitrogen and oxygen atoms in total. The van der Waals surface area contributed by atoms with Crippen LogP contribution in [-0.4, -0.2) is 15.7 Å². The predicted octanol–water partition coefficient (Wildman–Crippen LogP) is 1.85. The molecule has 1 fully saturated rings. The first-order valence-corrected chi connectivity index (χ1v) is 5.70. The second-order valence-electron chi connectivity index (χ2n) is 4.17. The summed E-state index contributed by atoms with van der Waals surface area (Å²) in [6.07, 6.45) is 5.78. The largest absolute Gasteiger partial charge is 0.461 e. The zero-order chi connectivity index (χ0) is 10.8. The summed E-state index contributed by atoms with van der Waals surface area (Å²) in [7, 11) is 0. The lowest BCUT2D eigenvalue weighted by molar-refractivity contribution is 0.103. The first-order chi connectivity index (χ1) is 7.22. The zero-order valence-corrected chi connectivity index (χ0v) is 9.44. The fourth-order valence-corrected chi connectivity index (χ4v) is 1.78. The van der Waals surface area contributed by atoms with Crippen molar-refractivity contribution in [3.05, 3.63) is 11.9 Å². The van der Waals surface area contributed by atoms with Crippen molar-refractivity contribution in [3.63, 3.8) is 0 Å². The first kappa shape index (κ1) is 10.5. The normalized spacial score (nSPS) is 18.6. The lowest BCUT2D eigenvalue weighted by Crippen LogP contribution is -2.26. The SMILES string of the molecule is CCn1c(C(C)N)cnc1OC1CCC1. The molecule has 84 valence electrons. The molecule has 1 aromatic heterocycles. The standard InChI is InChI=1S/C11H19N3O/c1-3-14-10(8(2)12)7-13-11(14)15-9-5-4-6-9/h7-9H,3-6,12H2,1-2H3. The number of nitrogens with zero attached hydrogens (tertiary/aromatic N) is 2. The number of ether oxygens (including phenoxy) is 1. The molecule has 15 heavy (non-hydrogen) atoms. The molecule has 1 aromatic rings. The van der Waals surface area contributed by atoms with Crippen LogP contribution in [0.1, 0.15) is 44.8 Å². The molecule has 1 heterocycles. The van der Waals surface area contributed by atoms with Crippen LogP contribution in [0.25, 0.3) is 0 Å². The van der Waals surface area contributed by atoms with E-state index in [0.29, 0.717) is 6.10 Å². The second-order valence-corrected chi connectivity index (χ2v) is 4.17. The molecule has 0 aromatic carbocycles. The summed E-state index contributed by atoms with van der Waals surface area (Å²) in [5.41, 5.74) is 6.91. The third-order valence-corrected chi connectivity index (χ3v) is 2.96. The van der Waals surface area contributed by atoms with Gasteiger partial charge in [0.2, 0.25) is 0 Å². The van der Waals surface area contributed by atoms with Gasteiger partial charge in [0.25, 0.3) is 6.01 Å². The van der Waals surface area contributed by atoms with Gasteiger partial charge in [0.15, 0.2) is 0 Å². The number of imidazole rings is 1. The molecule has 0 bridgehead atoms. The van der Waals surface area contributed by atoms with Crippen molar-refractivity contribution in [1.82, 2.24) is 9.55 Å². The Morgan fingerprint density at radius 1 is 1.67 bits per heavy atom. The molecule has 0 saturated heterocycles. The van der Waals surface area contributed by atoms with Crippen molar-refractivity contribution in [2.45, 2.75) is 51.8 Å². The van der Waals surface area contributed by atoms with Crippen LogP contribution in [-0.2, 0) is 6.54 Å². The minimum absolute atomic E-state index is 0.0104. The Balaban J connectivity index is 2.15. The number of aromatic nitrogens is 2. The van der Waals surface area contributed by atoms with Gasteiger partial charge in [0, 0.05) is 12.6 Å². The van der Waals surface area contributed by atoms with E-state index in [1.807, 2.05) is 13.1 Å². The molecule has 1 unspecified atom stereocenters. The molecule has 1 atom stereocenters. The van der Waals surface area contributed by atoms with E-state index in [9.17, 15) is 0 Å². The third kappa shape index (κ3) is 2.00. The van der Waals surface area contributed by atoms with E-state index in [0.717, 1.165) is 31.1 Å². The molecular weight excluding hydrogens is 190 g/mol. The summed E-state index contributed by atoms with van der Waals surface area (Å²) in [6, 6.07) is 0.741. The van der Waals surface area contributed by atoms with Gasteiger partial charge in [-0.05, 0) is 33.1 Å². The quantitative estimate of drug-likeness (QED) is 0.823. The Bertz CT molecular complexity index is 329. The predicted molar refractivity (Wildman–Crippen MR) is 58.8 cm³/mol. The van der Waals surface area contributed by atoms with E-state index < -0.39 is 0 Å². The highest BCUT2D eigenvalue weighted by Gasteiger charge is 2.22. The van der Waals surface area contributed by atoms with Crippen molar-refractivity contribution in [2.75, 3.05) is 0 Å². The van der Waals surface area contributed by atoms with Crippen LogP contribution >= 0.6 is 0 Å². The average Bonchev–Trinajstić information content (AvgIpc) is 2.53. The summed E-state index contributed by atoms with van der Waals surface area (Å²) in [5, 5.41) is 0. The summed E-state index contributed by atoms with van der Waals surface area (Å²) in [5.74, 6) is 0. The van der Waals surface area contributed by atoms with E-state index in [2.05, 4.69) is 16.5 Å².